The maximum atomic E-state index is 6.27. The van der Waals surface area contributed by atoms with Crippen molar-refractivity contribution in [1.29, 1.82) is 0 Å². The molecule has 2 aromatic heterocycles. The third-order valence-electron chi connectivity index (χ3n) is 3.34. The topological polar surface area (TPSA) is 68.2 Å². The highest BCUT2D eigenvalue weighted by atomic mass is 35.5. The summed E-state index contributed by atoms with van der Waals surface area (Å²) in [7, 11) is 5.96. The lowest BCUT2D eigenvalue weighted by molar-refractivity contribution is 0.852. The maximum Gasteiger partial charge on any atom is 0.150 e. The number of fused-ring (bicyclic) bond motifs is 1. The third kappa shape index (κ3) is 2.80. The molecule has 0 aliphatic rings. The van der Waals surface area contributed by atoms with Crippen LogP contribution in [0.5, 0.6) is 0 Å². The molecule has 0 bridgehead atoms. The summed E-state index contributed by atoms with van der Waals surface area (Å²) < 4.78 is 1.69. The summed E-state index contributed by atoms with van der Waals surface area (Å²) in [5, 5.41) is 8.21. The summed E-state index contributed by atoms with van der Waals surface area (Å²) in [5.41, 5.74) is 8.27. The van der Waals surface area contributed by atoms with Gasteiger partial charge in [0.2, 0.25) is 0 Å². The Morgan fingerprint density at radius 3 is 2.91 bits per heavy atom. The number of hydrogen-bond donors (Lipinski definition) is 2. The minimum Gasteiger partial charge on any atom is -0.370 e. The molecule has 0 aliphatic heterocycles. The van der Waals surface area contributed by atoms with Gasteiger partial charge in [-0.15, -0.1) is 0 Å². The van der Waals surface area contributed by atoms with Gasteiger partial charge in [0.1, 0.15) is 13.7 Å². The van der Waals surface area contributed by atoms with Crippen LogP contribution in [-0.4, -0.2) is 35.5 Å². The van der Waals surface area contributed by atoms with Crippen LogP contribution >= 0.6 is 11.6 Å². The monoisotopic (exact) mass is 311 g/mol. The van der Waals surface area contributed by atoms with E-state index in [9.17, 15) is 0 Å². The van der Waals surface area contributed by atoms with Gasteiger partial charge >= 0.3 is 0 Å². The predicted molar refractivity (Wildman–Crippen MR) is 91.0 cm³/mol. The second kappa shape index (κ2) is 6.38. The van der Waals surface area contributed by atoms with Gasteiger partial charge in [-0.3, -0.25) is 0 Å². The molecule has 2 radical (unpaired) electrons. The Balaban J connectivity index is 2.11. The van der Waals surface area contributed by atoms with E-state index in [1.165, 1.54) is 0 Å². The van der Waals surface area contributed by atoms with Crippen molar-refractivity contribution in [1.82, 2.24) is 14.6 Å². The van der Waals surface area contributed by atoms with Gasteiger partial charge in [-0.2, -0.15) is 9.61 Å². The molecule has 0 saturated heterocycles. The predicted octanol–water partition coefficient (Wildman–Crippen LogP) is 1.60. The summed E-state index contributed by atoms with van der Waals surface area (Å²) in [4.78, 5) is 4.58. The lowest BCUT2D eigenvalue weighted by atomic mass is 10.0. The molecule has 3 aromatic rings. The zero-order valence-corrected chi connectivity index (χ0v) is 12.7. The lowest BCUT2D eigenvalue weighted by Crippen LogP contribution is -2.13. The molecule has 22 heavy (non-hydrogen) atoms. The molecule has 0 fully saturated rings. The molecule has 7 heteroatoms. The molecule has 0 spiro atoms. The zero-order valence-electron chi connectivity index (χ0n) is 12.0. The van der Waals surface area contributed by atoms with Crippen LogP contribution in [0.1, 0.15) is 6.42 Å². The van der Waals surface area contributed by atoms with Crippen LogP contribution in [0.25, 0.3) is 16.9 Å². The minimum atomic E-state index is 0.524. The van der Waals surface area contributed by atoms with Crippen LogP contribution in [0.15, 0.2) is 36.5 Å². The van der Waals surface area contributed by atoms with Crippen LogP contribution in [0.4, 0.5) is 5.82 Å². The summed E-state index contributed by atoms with van der Waals surface area (Å²) in [6.45, 7) is 1.37. The molecule has 2 heterocycles. The van der Waals surface area contributed by atoms with Crippen molar-refractivity contribution in [2.75, 3.05) is 18.4 Å². The van der Waals surface area contributed by atoms with Gasteiger partial charge in [-0.25, -0.2) is 4.98 Å². The van der Waals surface area contributed by atoms with E-state index in [1.54, 1.807) is 10.7 Å². The number of nitrogens with zero attached hydrogens (tertiary/aromatic N) is 3. The average Bonchev–Trinajstić information content (AvgIpc) is 2.90. The second-order valence-electron chi connectivity index (χ2n) is 4.91. The van der Waals surface area contributed by atoms with Crippen molar-refractivity contribution < 1.29 is 0 Å². The van der Waals surface area contributed by atoms with Gasteiger partial charge < -0.3 is 11.1 Å². The van der Waals surface area contributed by atoms with Crippen molar-refractivity contribution in [3.05, 3.63) is 41.6 Å². The van der Waals surface area contributed by atoms with E-state index >= 15 is 0 Å². The van der Waals surface area contributed by atoms with Crippen molar-refractivity contribution in [2.24, 2.45) is 5.73 Å². The number of aromatic nitrogens is 3. The molecular weight excluding hydrogens is 296 g/mol. The molecule has 0 amide bonds. The zero-order chi connectivity index (χ0) is 15.5. The van der Waals surface area contributed by atoms with Gasteiger partial charge in [0.05, 0.1) is 5.69 Å². The second-order valence-corrected chi connectivity index (χ2v) is 5.32. The van der Waals surface area contributed by atoms with E-state index in [2.05, 4.69) is 15.4 Å². The SMILES string of the molecule is [B]c1cnn2c(NCCCN)cc(-c3ccccc3Cl)nc12. The highest BCUT2D eigenvalue weighted by Crippen LogP contribution is 2.28. The third-order valence-corrected chi connectivity index (χ3v) is 3.67. The van der Waals surface area contributed by atoms with Crippen molar-refractivity contribution >= 4 is 36.4 Å². The molecule has 110 valence electrons. The van der Waals surface area contributed by atoms with E-state index < -0.39 is 0 Å². The fraction of sp³-hybridized carbons (Fsp3) is 0.200. The van der Waals surface area contributed by atoms with Crippen molar-refractivity contribution in [2.45, 2.75) is 6.42 Å². The highest BCUT2D eigenvalue weighted by Gasteiger charge is 2.11. The number of anilines is 1. The van der Waals surface area contributed by atoms with E-state index in [1.807, 2.05) is 30.3 Å². The van der Waals surface area contributed by atoms with E-state index in [0.29, 0.717) is 22.7 Å². The number of nitrogens with one attached hydrogen (secondary N) is 1. The summed E-state index contributed by atoms with van der Waals surface area (Å²) in [6.07, 6.45) is 2.45. The molecule has 0 atom stereocenters. The molecule has 0 aliphatic carbocycles. The van der Waals surface area contributed by atoms with Crippen LogP contribution in [0.3, 0.4) is 0 Å². The Hall–Kier alpha value is -2.05. The van der Waals surface area contributed by atoms with Crippen molar-refractivity contribution in [3.63, 3.8) is 0 Å². The van der Waals surface area contributed by atoms with E-state index in [4.69, 9.17) is 25.2 Å². The number of nitrogens with two attached hydrogens (primary N) is 1. The van der Waals surface area contributed by atoms with Crippen molar-refractivity contribution in [3.8, 4) is 11.3 Å². The highest BCUT2D eigenvalue weighted by molar-refractivity contribution is 6.36. The van der Waals surface area contributed by atoms with Crippen LogP contribution < -0.4 is 16.5 Å². The normalized spacial score (nSPS) is 11.0. The largest absolute Gasteiger partial charge is 0.370 e. The maximum absolute atomic E-state index is 6.27. The fourth-order valence-corrected chi connectivity index (χ4v) is 2.46. The summed E-state index contributed by atoms with van der Waals surface area (Å²) in [5.74, 6) is 0.810. The van der Waals surface area contributed by atoms with E-state index in [-0.39, 0.29) is 0 Å². The van der Waals surface area contributed by atoms with Gasteiger partial charge in [0, 0.05) is 29.4 Å². The number of hydrogen-bond acceptors (Lipinski definition) is 4. The molecule has 5 nitrogen and oxygen atoms in total. The molecule has 0 saturated carbocycles. The Morgan fingerprint density at radius 2 is 2.14 bits per heavy atom. The van der Waals surface area contributed by atoms with Gasteiger partial charge in [0.25, 0.3) is 0 Å². The Morgan fingerprint density at radius 1 is 1.32 bits per heavy atom. The summed E-state index contributed by atoms with van der Waals surface area (Å²) >= 11 is 6.27. The first-order valence-corrected chi connectivity index (χ1v) is 7.41. The minimum absolute atomic E-state index is 0.524. The summed E-state index contributed by atoms with van der Waals surface area (Å²) in [6, 6.07) is 9.49. The smallest absolute Gasteiger partial charge is 0.150 e. The quantitative estimate of drug-likeness (QED) is 0.555. The number of halogens is 1. The van der Waals surface area contributed by atoms with Crippen LogP contribution in [0, 0.1) is 0 Å². The van der Waals surface area contributed by atoms with Gasteiger partial charge in [-0.1, -0.05) is 29.8 Å². The molecule has 0 unspecified atom stereocenters. The molecule has 3 N–H and O–H groups in total. The van der Waals surface area contributed by atoms with Gasteiger partial charge in [-0.05, 0) is 24.5 Å². The first kappa shape index (κ1) is 14.9. The molecular formula is C15H15BClN5. The van der Waals surface area contributed by atoms with E-state index in [0.717, 1.165) is 30.0 Å². The Labute approximate surface area is 134 Å². The standard InChI is InChI=1S/C15H15BClN5/c16-11-9-20-22-14(19-7-3-6-18)8-13(21-15(11)22)10-4-1-2-5-12(10)17/h1-2,4-5,8-9,19H,3,6-7,18H2. The molecule has 1 aromatic carbocycles. The number of rotatable bonds is 5. The first-order chi connectivity index (χ1) is 10.7. The Kier molecular flexibility index (Phi) is 4.31. The average molecular weight is 312 g/mol. The lowest BCUT2D eigenvalue weighted by Gasteiger charge is -2.11. The van der Waals surface area contributed by atoms with Gasteiger partial charge in [0.15, 0.2) is 5.65 Å². The first-order valence-electron chi connectivity index (χ1n) is 7.04. The number of benzene rings is 1. The van der Waals surface area contributed by atoms with Crippen LogP contribution in [-0.2, 0) is 0 Å². The Bertz CT molecular complexity index is 802. The fourth-order valence-electron chi connectivity index (χ4n) is 2.23. The molecule has 3 rings (SSSR count). The van der Waals surface area contributed by atoms with Crippen LogP contribution in [0.2, 0.25) is 5.02 Å².